The molecule has 28 heavy (non-hydrogen) atoms. The van der Waals surface area contributed by atoms with Gasteiger partial charge in [0.25, 0.3) is 0 Å². The van der Waals surface area contributed by atoms with Crippen molar-refractivity contribution in [1.82, 2.24) is 19.9 Å². The van der Waals surface area contributed by atoms with E-state index < -0.39 is 5.97 Å². The molecule has 0 unspecified atom stereocenters. The second-order valence-electron chi connectivity index (χ2n) is 7.10. The van der Waals surface area contributed by atoms with E-state index >= 15 is 0 Å². The lowest BCUT2D eigenvalue weighted by atomic mass is 10.3. The Labute approximate surface area is 163 Å². The number of aromatic nitrogens is 4. The van der Waals surface area contributed by atoms with Gasteiger partial charge in [0, 0.05) is 35.6 Å². The van der Waals surface area contributed by atoms with Crippen molar-refractivity contribution in [1.29, 1.82) is 0 Å². The van der Waals surface area contributed by atoms with Crippen molar-refractivity contribution in [2.45, 2.75) is 45.4 Å². The Hall–Kier alpha value is -2.90. The van der Waals surface area contributed by atoms with Crippen LogP contribution < -0.4 is 0 Å². The first kappa shape index (κ1) is 19.9. The first-order chi connectivity index (χ1) is 13.4. The topological polar surface area (TPSA) is 115 Å². The molecule has 0 saturated heterocycles. The smallest absolute Gasteiger partial charge is 0.309 e. The molecule has 4 rings (SSSR count). The number of hydrogen-bond acceptors (Lipinski definition) is 7. The number of hydrogen-bond donors (Lipinski definition) is 1. The van der Waals surface area contributed by atoms with E-state index in [1.165, 1.54) is 0 Å². The molecule has 1 N–H and O–H groups in total. The van der Waals surface area contributed by atoms with Crippen molar-refractivity contribution in [2.24, 2.45) is 11.8 Å². The van der Waals surface area contributed by atoms with E-state index in [-0.39, 0.29) is 29.6 Å². The third-order valence-corrected chi connectivity index (χ3v) is 4.78. The highest BCUT2D eigenvalue weighted by atomic mass is 16.5. The molecule has 2 fully saturated rings. The molecule has 2 aliphatic carbocycles. The van der Waals surface area contributed by atoms with Gasteiger partial charge in [-0.25, -0.2) is 19.9 Å². The zero-order valence-corrected chi connectivity index (χ0v) is 16.2. The second-order valence-corrected chi connectivity index (χ2v) is 7.10. The van der Waals surface area contributed by atoms with Gasteiger partial charge in [-0.15, -0.1) is 0 Å². The molecule has 0 bridgehead atoms. The van der Waals surface area contributed by atoms with E-state index in [1.807, 2.05) is 32.9 Å². The van der Waals surface area contributed by atoms with Gasteiger partial charge in [0.15, 0.2) is 0 Å². The summed E-state index contributed by atoms with van der Waals surface area (Å²) in [6, 6.07) is 3.66. The summed E-state index contributed by atoms with van der Waals surface area (Å²) in [5.74, 6) is 0.512. The maximum absolute atomic E-state index is 11.4. The summed E-state index contributed by atoms with van der Waals surface area (Å²) in [5.41, 5.74) is 1.83. The number of carbonyl (C=O) groups excluding carboxylic acids is 1. The molecule has 148 valence electrons. The van der Waals surface area contributed by atoms with Crippen LogP contribution in [-0.4, -0.2) is 43.6 Å². The van der Waals surface area contributed by atoms with E-state index in [4.69, 9.17) is 9.84 Å². The fourth-order valence-electron chi connectivity index (χ4n) is 3.04. The molecule has 0 radical (unpaired) electrons. The third kappa shape index (κ3) is 4.88. The Morgan fingerprint density at radius 1 is 1.00 bits per heavy atom. The number of esters is 1. The maximum atomic E-state index is 11.4. The van der Waals surface area contributed by atoms with Gasteiger partial charge in [0.1, 0.15) is 11.6 Å². The van der Waals surface area contributed by atoms with Gasteiger partial charge in [-0.1, -0.05) is 0 Å². The van der Waals surface area contributed by atoms with E-state index in [0.29, 0.717) is 18.9 Å². The number of rotatable bonds is 5. The summed E-state index contributed by atoms with van der Waals surface area (Å²) in [6.45, 7) is 6.06. The first-order valence-corrected chi connectivity index (χ1v) is 9.39. The van der Waals surface area contributed by atoms with Crippen LogP contribution in [0.2, 0.25) is 0 Å². The molecule has 8 heteroatoms. The lowest BCUT2D eigenvalue weighted by Gasteiger charge is -2.00. The van der Waals surface area contributed by atoms with Crippen LogP contribution in [0.25, 0.3) is 0 Å². The van der Waals surface area contributed by atoms with Crippen LogP contribution >= 0.6 is 0 Å². The second kappa shape index (κ2) is 8.41. The number of nitrogens with zero attached hydrogens (tertiary/aromatic N) is 4. The van der Waals surface area contributed by atoms with E-state index in [1.54, 1.807) is 12.4 Å². The molecular weight excluding hydrogens is 360 g/mol. The fourth-order valence-corrected chi connectivity index (χ4v) is 3.04. The highest BCUT2D eigenvalue weighted by molar-refractivity contribution is 5.77. The maximum Gasteiger partial charge on any atom is 0.309 e. The minimum atomic E-state index is -0.741. The zero-order chi connectivity index (χ0) is 20.3. The van der Waals surface area contributed by atoms with Gasteiger partial charge in [0.05, 0.1) is 18.4 Å². The van der Waals surface area contributed by atoms with Crippen molar-refractivity contribution in [2.75, 3.05) is 6.61 Å². The minimum absolute atomic E-state index is 0.0215. The monoisotopic (exact) mass is 384 g/mol. The number of carboxylic acids is 1. The lowest BCUT2D eigenvalue weighted by Crippen LogP contribution is -2.08. The van der Waals surface area contributed by atoms with Crippen LogP contribution in [-0.2, 0) is 14.3 Å². The predicted molar refractivity (Wildman–Crippen MR) is 99.5 cm³/mol. The van der Waals surface area contributed by atoms with Crippen LogP contribution in [0.5, 0.6) is 0 Å². The first-order valence-electron chi connectivity index (χ1n) is 9.39. The van der Waals surface area contributed by atoms with Gasteiger partial charge in [0.2, 0.25) is 0 Å². The normalized spacial score (nSPS) is 24.5. The van der Waals surface area contributed by atoms with Crippen molar-refractivity contribution in [3.05, 3.63) is 47.6 Å². The van der Waals surface area contributed by atoms with E-state index in [9.17, 15) is 9.59 Å². The fraction of sp³-hybridized carbons (Fsp3) is 0.500. The summed E-state index contributed by atoms with van der Waals surface area (Å²) in [6.07, 6.45) is 4.91. The molecule has 2 aliphatic rings. The van der Waals surface area contributed by atoms with Crippen molar-refractivity contribution < 1.29 is 19.4 Å². The summed E-state index contributed by atoms with van der Waals surface area (Å²) in [4.78, 5) is 38.7. The van der Waals surface area contributed by atoms with Crippen molar-refractivity contribution >= 4 is 11.9 Å². The average Bonchev–Trinajstić information content (AvgIpc) is 3.55. The SMILES string of the molecule is CCOC(=O)[C@H]1C[C@@H]1c1nccc(C)n1.Cc1ccnc([C@H]2C[C@@H]2C(=O)O)n1. The van der Waals surface area contributed by atoms with Crippen LogP contribution in [0.1, 0.15) is 54.6 Å². The largest absolute Gasteiger partial charge is 0.481 e. The lowest BCUT2D eigenvalue weighted by molar-refractivity contribution is -0.144. The number of ether oxygens (including phenoxy) is 1. The van der Waals surface area contributed by atoms with Gasteiger partial charge < -0.3 is 9.84 Å². The summed E-state index contributed by atoms with van der Waals surface area (Å²) < 4.78 is 4.95. The van der Waals surface area contributed by atoms with Crippen LogP contribution in [0.15, 0.2) is 24.5 Å². The average molecular weight is 384 g/mol. The van der Waals surface area contributed by atoms with Crippen LogP contribution in [0, 0.1) is 25.7 Å². The number of carboxylic acid groups (broad SMARTS) is 1. The third-order valence-electron chi connectivity index (χ3n) is 4.78. The zero-order valence-electron chi connectivity index (χ0n) is 16.2. The van der Waals surface area contributed by atoms with Crippen molar-refractivity contribution in [3.8, 4) is 0 Å². The quantitative estimate of drug-likeness (QED) is 0.782. The van der Waals surface area contributed by atoms with E-state index in [0.717, 1.165) is 23.6 Å². The van der Waals surface area contributed by atoms with Crippen LogP contribution in [0.4, 0.5) is 0 Å². The van der Waals surface area contributed by atoms with Crippen molar-refractivity contribution in [3.63, 3.8) is 0 Å². The number of carbonyl (C=O) groups is 2. The highest BCUT2D eigenvalue weighted by Gasteiger charge is 2.47. The molecule has 8 nitrogen and oxygen atoms in total. The molecular formula is C20H24N4O4. The molecule has 0 spiro atoms. The van der Waals surface area contributed by atoms with Gasteiger partial charge in [-0.05, 0) is 45.7 Å². The molecule has 0 amide bonds. The number of aryl methyl sites for hydroxylation is 2. The van der Waals surface area contributed by atoms with Gasteiger partial charge in [-0.2, -0.15) is 0 Å². The molecule has 0 aliphatic heterocycles. The van der Waals surface area contributed by atoms with Crippen LogP contribution in [0.3, 0.4) is 0 Å². The summed E-state index contributed by atoms with van der Waals surface area (Å²) in [7, 11) is 0. The molecule has 2 aromatic heterocycles. The standard InChI is InChI=1S/C11H14N2O2.C9H10N2O2/c1-3-15-11(14)9-6-8(9)10-12-5-4-7(2)13-10;1-5-2-3-10-8(11-5)6-4-7(6)9(12)13/h4-5,8-9H,3,6H2,1-2H3;2-3,6-7H,4H2,1H3,(H,12,13)/t8-,9-;6-,7-/m00/s1. The number of aliphatic carboxylic acids is 1. The molecule has 4 atom stereocenters. The van der Waals surface area contributed by atoms with Gasteiger partial charge >= 0.3 is 11.9 Å². The molecule has 0 aromatic carbocycles. The minimum Gasteiger partial charge on any atom is -0.481 e. The van der Waals surface area contributed by atoms with Gasteiger partial charge in [-0.3, -0.25) is 9.59 Å². The summed E-state index contributed by atoms with van der Waals surface area (Å²) in [5, 5.41) is 8.70. The Balaban J connectivity index is 0.000000162. The Morgan fingerprint density at radius 3 is 1.93 bits per heavy atom. The van der Waals surface area contributed by atoms with E-state index in [2.05, 4.69) is 19.9 Å². The highest BCUT2D eigenvalue weighted by Crippen LogP contribution is 2.47. The Morgan fingerprint density at radius 2 is 1.50 bits per heavy atom. The summed E-state index contributed by atoms with van der Waals surface area (Å²) >= 11 is 0. The molecule has 2 heterocycles. The Bertz CT molecular complexity index is 873. The molecule has 2 aromatic rings. The molecule has 2 saturated carbocycles. The predicted octanol–water partition coefficient (Wildman–Crippen LogP) is 2.42. The Kier molecular flexibility index (Phi) is 5.96.